The second kappa shape index (κ2) is 8.20. The summed E-state index contributed by atoms with van der Waals surface area (Å²) in [6, 6.07) is 3.32. The van der Waals surface area contributed by atoms with Gasteiger partial charge in [-0.2, -0.15) is 4.39 Å². The van der Waals surface area contributed by atoms with Gasteiger partial charge in [-0.05, 0) is 58.6 Å². The zero-order chi connectivity index (χ0) is 19.6. The molecule has 0 atom stereocenters. The van der Waals surface area contributed by atoms with Gasteiger partial charge >= 0.3 is 0 Å². The van der Waals surface area contributed by atoms with Crippen molar-refractivity contribution in [2.75, 3.05) is 5.32 Å². The van der Waals surface area contributed by atoms with Crippen LogP contribution >= 0.6 is 11.3 Å². The van der Waals surface area contributed by atoms with E-state index in [0.717, 1.165) is 42.1 Å². The van der Waals surface area contributed by atoms with E-state index in [1.165, 1.54) is 17.4 Å². The topological polar surface area (TPSA) is 84.0 Å². The molecule has 9 heteroatoms. The van der Waals surface area contributed by atoms with Crippen LogP contribution in [-0.2, 0) is 10.0 Å². The van der Waals surface area contributed by atoms with Crippen molar-refractivity contribution < 1.29 is 12.8 Å². The van der Waals surface area contributed by atoms with E-state index >= 15 is 0 Å². The minimum atomic E-state index is -3.22. The summed E-state index contributed by atoms with van der Waals surface area (Å²) < 4.78 is 40.0. The Labute approximate surface area is 163 Å². The van der Waals surface area contributed by atoms with E-state index < -0.39 is 21.2 Å². The Balaban J connectivity index is 1.56. The number of hydrogen-bond acceptors (Lipinski definition) is 6. The summed E-state index contributed by atoms with van der Waals surface area (Å²) in [5, 5.41) is 5.79. The van der Waals surface area contributed by atoms with E-state index in [1.807, 2.05) is 5.38 Å². The molecule has 1 aliphatic carbocycles. The minimum absolute atomic E-state index is 0.00949. The molecule has 0 aliphatic heterocycles. The quantitative estimate of drug-likeness (QED) is 0.707. The van der Waals surface area contributed by atoms with Gasteiger partial charge in [-0.25, -0.2) is 23.1 Å². The Morgan fingerprint density at radius 1 is 1.15 bits per heavy atom. The molecule has 1 aliphatic rings. The van der Waals surface area contributed by atoms with Crippen LogP contribution in [0.2, 0.25) is 0 Å². The maximum absolute atomic E-state index is 13.2. The van der Waals surface area contributed by atoms with Crippen LogP contribution in [0, 0.1) is 12.9 Å². The van der Waals surface area contributed by atoms with Crippen molar-refractivity contribution in [2.45, 2.75) is 63.8 Å². The summed E-state index contributed by atoms with van der Waals surface area (Å²) in [5.74, 6) is -0.491. The highest BCUT2D eigenvalue weighted by Crippen LogP contribution is 2.29. The standard InChI is InChI=1S/C18H25FN4O2S2/c1-11(2)27(24,25)23-14-6-4-13(5-7-14)21-18-22-16(10-26-18)15-8-9-17(19)20-12(15)3/h8-11,13-14,23H,4-7H2,1-3H3,(H,21,22). The fraction of sp³-hybridized carbons (Fsp3) is 0.556. The number of nitrogens with one attached hydrogen (secondary N) is 2. The number of halogens is 1. The number of aromatic nitrogens is 2. The Hall–Kier alpha value is -1.58. The lowest BCUT2D eigenvalue weighted by molar-refractivity contribution is 0.386. The van der Waals surface area contributed by atoms with Gasteiger partial charge in [-0.1, -0.05) is 0 Å². The molecular weight excluding hydrogens is 387 g/mol. The highest BCUT2D eigenvalue weighted by Gasteiger charge is 2.26. The van der Waals surface area contributed by atoms with Gasteiger partial charge in [0.15, 0.2) is 5.13 Å². The third-order valence-corrected chi connectivity index (χ3v) is 7.51. The average molecular weight is 413 g/mol. The molecule has 0 unspecified atom stereocenters. The third kappa shape index (κ3) is 5.03. The SMILES string of the molecule is Cc1nc(F)ccc1-c1csc(NC2CCC(NS(=O)(=O)C(C)C)CC2)n1. The molecule has 2 N–H and O–H groups in total. The van der Waals surface area contributed by atoms with Crippen LogP contribution in [0.3, 0.4) is 0 Å². The molecule has 0 bridgehead atoms. The van der Waals surface area contributed by atoms with Gasteiger partial charge in [0.05, 0.1) is 10.9 Å². The van der Waals surface area contributed by atoms with Gasteiger partial charge in [-0.3, -0.25) is 0 Å². The smallest absolute Gasteiger partial charge is 0.214 e. The van der Waals surface area contributed by atoms with Crippen LogP contribution in [0.25, 0.3) is 11.3 Å². The van der Waals surface area contributed by atoms with E-state index in [-0.39, 0.29) is 12.1 Å². The number of aryl methyl sites for hydroxylation is 1. The number of hydrogen-bond donors (Lipinski definition) is 2. The largest absolute Gasteiger partial charge is 0.359 e. The number of anilines is 1. The molecule has 0 spiro atoms. The molecule has 0 radical (unpaired) electrons. The van der Waals surface area contributed by atoms with Gasteiger partial charge in [0, 0.05) is 28.7 Å². The van der Waals surface area contributed by atoms with Gasteiger partial charge < -0.3 is 5.32 Å². The maximum Gasteiger partial charge on any atom is 0.214 e. The van der Waals surface area contributed by atoms with E-state index in [0.29, 0.717) is 5.69 Å². The van der Waals surface area contributed by atoms with Crippen molar-refractivity contribution in [1.29, 1.82) is 0 Å². The van der Waals surface area contributed by atoms with Gasteiger partial charge in [0.2, 0.25) is 16.0 Å². The summed E-state index contributed by atoms with van der Waals surface area (Å²) >= 11 is 1.51. The Morgan fingerprint density at radius 3 is 2.44 bits per heavy atom. The molecule has 0 amide bonds. The molecule has 6 nitrogen and oxygen atoms in total. The van der Waals surface area contributed by atoms with E-state index in [9.17, 15) is 12.8 Å². The Bertz CT molecular complexity index is 891. The number of nitrogens with zero attached hydrogens (tertiary/aromatic N) is 2. The minimum Gasteiger partial charge on any atom is -0.359 e. The van der Waals surface area contributed by atoms with Crippen LogP contribution in [-0.4, -0.2) is 35.7 Å². The summed E-state index contributed by atoms with van der Waals surface area (Å²) in [6.07, 6.45) is 3.39. The molecule has 2 aromatic rings. The van der Waals surface area contributed by atoms with Crippen LogP contribution in [0.15, 0.2) is 17.5 Å². The molecule has 0 saturated heterocycles. The summed E-state index contributed by atoms with van der Waals surface area (Å²) in [5.41, 5.74) is 2.23. The number of sulfonamides is 1. The van der Waals surface area contributed by atoms with Crippen molar-refractivity contribution >= 4 is 26.5 Å². The molecule has 27 heavy (non-hydrogen) atoms. The first kappa shape index (κ1) is 20.2. The number of thiazole rings is 1. The predicted octanol–water partition coefficient (Wildman–Crippen LogP) is 3.70. The van der Waals surface area contributed by atoms with Gasteiger partial charge in [0.1, 0.15) is 0 Å². The predicted molar refractivity (Wildman–Crippen MR) is 107 cm³/mol. The Kier molecular flexibility index (Phi) is 6.12. The van der Waals surface area contributed by atoms with Crippen LogP contribution in [0.1, 0.15) is 45.2 Å². The summed E-state index contributed by atoms with van der Waals surface area (Å²) in [6.45, 7) is 5.15. The highest BCUT2D eigenvalue weighted by molar-refractivity contribution is 7.90. The second-order valence-corrected chi connectivity index (χ2v) is 10.3. The number of rotatable bonds is 6. The summed E-state index contributed by atoms with van der Waals surface area (Å²) in [4.78, 5) is 8.45. The Morgan fingerprint density at radius 2 is 1.81 bits per heavy atom. The zero-order valence-electron chi connectivity index (χ0n) is 15.7. The molecule has 1 fully saturated rings. The first-order valence-electron chi connectivity index (χ1n) is 9.11. The van der Waals surface area contributed by atoms with Crippen LogP contribution < -0.4 is 10.0 Å². The average Bonchev–Trinajstić information content (AvgIpc) is 3.04. The van der Waals surface area contributed by atoms with E-state index in [2.05, 4.69) is 20.0 Å². The lowest BCUT2D eigenvalue weighted by Gasteiger charge is -2.29. The van der Waals surface area contributed by atoms with Crippen molar-refractivity contribution in [1.82, 2.24) is 14.7 Å². The van der Waals surface area contributed by atoms with Gasteiger partial charge in [0.25, 0.3) is 0 Å². The van der Waals surface area contributed by atoms with Crippen molar-refractivity contribution in [3.05, 3.63) is 29.2 Å². The molecule has 148 valence electrons. The lowest BCUT2D eigenvalue weighted by Crippen LogP contribution is -2.42. The lowest BCUT2D eigenvalue weighted by atomic mass is 9.92. The first-order valence-corrected chi connectivity index (χ1v) is 11.5. The van der Waals surface area contributed by atoms with Crippen molar-refractivity contribution in [2.24, 2.45) is 0 Å². The maximum atomic E-state index is 13.2. The molecule has 3 rings (SSSR count). The van der Waals surface area contributed by atoms with E-state index in [1.54, 1.807) is 26.8 Å². The summed E-state index contributed by atoms with van der Waals surface area (Å²) in [7, 11) is -3.22. The third-order valence-electron chi connectivity index (χ3n) is 4.84. The van der Waals surface area contributed by atoms with Crippen LogP contribution in [0.5, 0.6) is 0 Å². The molecule has 2 aromatic heterocycles. The normalized spacial score (nSPS) is 20.8. The first-order chi connectivity index (χ1) is 12.7. The second-order valence-electron chi connectivity index (χ2n) is 7.21. The van der Waals surface area contributed by atoms with Gasteiger partial charge in [-0.15, -0.1) is 11.3 Å². The monoisotopic (exact) mass is 412 g/mol. The zero-order valence-corrected chi connectivity index (χ0v) is 17.3. The fourth-order valence-electron chi connectivity index (χ4n) is 3.16. The molecule has 0 aromatic carbocycles. The van der Waals surface area contributed by atoms with Crippen LogP contribution in [0.4, 0.5) is 9.52 Å². The molecule has 2 heterocycles. The van der Waals surface area contributed by atoms with E-state index in [4.69, 9.17) is 0 Å². The van der Waals surface area contributed by atoms with Crippen molar-refractivity contribution in [3.8, 4) is 11.3 Å². The van der Waals surface area contributed by atoms with Crippen molar-refractivity contribution in [3.63, 3.8) is 0 Å². The molecule has 1 saturated carbocycles. The number of pyridine rings is 1. The fourth-order valence-corrected chi connectivity index (χ4v) is 4.92. The molecular formula is C18H25FN4O2S2. The highest BCUT2D eigenvalue weighted by atomic mass is 32.2.